The van der Waals surface area contributed by atoms with E-state index in [1.54, 1.807) is 17.9 Å². The molecule has 0 saturated carbocycles. The average Bonchev–Trinajstić information content (AvgIpc) is 3.77. The van der Waals surface area contributed by atoms with Crippen LogP contribution in [0.5, 0.6) is 0 Å². The lowest BCUT2D eigenvalue weighted by Crippen LogP contribution is -2.51. The third kappa shape index (κ3) is 11.2. The number of esters is 2. The highest BCUT2D eigenvalue weighted by Gasteiger charge is 2.45. The van der Waals surface area contributed by atoms with Gasteiger partial charge in [-0.2, -0.15) is 0 Å². The first-order valence-electron chi connectivity index (χ1n) is 16.8. The quantitative estimate of drug-likeness (QED) is 0.104. The van der Waals surface area contributed by atoms with Crippen LogP contribution < -0.4 is 5.32 Å². The van der Waals surface area contributed by atoms with E-state index in [1.807, 2.05) is 45.9 Å². The Kier molecular flexibility index (Phi) is 14.3. The number of hydrogen-bond donors (Lipinski definition) is 3. The Bertz CT molecular complexity index is 1120. The van der Waals surface area contributed by atoms with Crippen LogP contribution in [0.4, 0.5) is 4.79 Å². The molecule has 3 N–H and O–H groups in total. The fourth-order valence-electron chi connectivity index (χ4n) is 6.24. The van der Waals surface area contributed by atoms with E-state index in [0.29, 0.717) is 32.6 Å². The maximum atomic E-state index is 13.2. The van der Waals surface area contributed by atoms with Gasteiger partial charge in [0.15, 0.2) is 6.10 Å². The summed E-state index contributed by atoms with van der Waals surface area (Å²) in [6, 6.07) is 0. The lowest BCUT2D eigenvalue weighted by atomic mass is 9.88. The molecule has 0 aliphatic carbocycles. The summed E-state index contributed by atoms with van der Waals surface area (Å²) in [6.07, 6.45) is 7.84. The van der Waals surface area contributed by atoms with Gasteiger partial charge >= 0.3 is 18.0 Å². The van der Waals surface area contributed by atoms with Gasteiger partial charge in [0.2, 0.25) is 0 Å². The molecule has 11 nitrogen and oxygen atoms in total. The van der Waals surface area contributed by atoms with Crippen LogP contribution in [-0.4, -0.2) is 102 Å². The number of aliphatic hydroxyl groups excluding tert-OH is 2. The fourth-order valence-corrected chi connectivity index (χ4v) is 6.24. The summed E-state index contributed by atoms with van der Waals surface area (Å²) in [4.78, 5) is 39.9. The highest BCUT2D eigenvalue weighted by atomic mass is 16.6. The van der Waals surface area contributed by atoms with Gasteiger partial charge in [-0.1, -0.05) is 52.0 Å². The summed E-state index contributed by atoms with van der Waals surface area (Å²) >= 11 is 0. The lowest BCUT2D eigenvalue weighted by Gasteiger charge is -2.37. The number of aliphatic hydroxyl groups is 2. The number of carbonyl (C=O) groups is 3. The van der Waals surface area contributed by atoms with E-state index in [2.05, 4.69) is 18.3 Å². The fraction of sp³-hybridized carbons (Fsp3) is 0.743. The molecule has 10 atom stereocenters. The van der Waals surface area contributed by atoms with Gasteiger partial charge in [-0.05, 0) is 57.1 Å². The molecule has 11 heteroatoms. The van der Waals surface area contributed by atoms with E-state index in [-0.39, 0.29) is 55.3 Å². The molecule has 1 amide bonds. The van der Waals surface area contributed by atoms with Crippen LogP contribution in [0.3, 0.4) is 0 Å². The van der Waals surface area contributed by atoms with Crippen molar-refractivity contribution in [1.82, 2.24) is 10.2 Å². The number of rotatable bonds is 10. The SMILES string of the molecule is CC[C@@H](O)[C@@H](C)[C@H]1O[C@@H]1C[C@@H](C)/C=C/C=C(\C)[C@H]1OC(=O)C[C@@H](O)CC[C@](C)(OC(C)=O)[C@@H](OC(=O)N2CCNCC2)/C=C\[C@@H]1C. The summed E-state index contributed by atoms with van der Waals surface area (Å²) in [7, 11) is 0. The standard InChI is InChI=1S/C35H56N2O9/c1-8-28(40)25(5)33-29(43-33)20-22(2)10-9-11-23(3)32-24(4)12-13-30(44-34(42)37-18-16-36-17-19-37)35(7,46-26(6)38)15-14-27(39)21-31(41)45-32/h9-13,22,24-25,27-30,32-33,36,39-40H,8,14-21H2,1-7H3/b10-9+,13-12-,23-11+/t22-,24-,25+,27-,28+,29+,30-,32+,33+,35-/m0/s1. The van der Waals surface area contributed by atoms with Gasteiger partial charge in [0, 0.05) is 44.9 Å². The van der Waals surface area contributed by atoms with Gasteiger partial charge < -0.3 is 39.4 Å². The Labute approximate surface area is 274 Å². The Morgan fingerprint density at radius 3 is 2.57 bits per heavy atom. The van der Waals surface area contributed by atoms with E-state index in [4.69, 9.17) is 18.9 Å². The van der Waals surface area contributed by atoms with Crippen molar-refractivity contribution in [2.45, 2.75) is 123 Å². The van der Waals surface area contributed by atoms with Crippen LogP contribution >= 0.6 is 0 Å². The van der Waals surface area contributed by atoms with Crippen LogP contribution in [0.25, 0.3) is 0 Å². The molecular weight excluding hydrogens is 592 g/mol. The zero-order valence-corrected chi connectivity index (χ0v) is 28.6. The first kappa shape index (κ1) is 37.7. The number of nitrogens with zero attached hydrogens (tertiary/aromatic N) is 1. The van der Waals surface area contributed by atoms with Crippen LogP contribution in [-0.2, 0) is 28.5 Å². The van der Waals surface area contributed by atoms with Gasteiger partial charge in [0.1, 0.15) is 11.7 Å². The Morgan fingerprint density at radius 2 is 1.91 bits per heavy atom. The first-order chi connectivity index (χ1) is 21.7. The molecule has 2 saturated heterocycles. The average molecular weight is 649 g/mol. The number of ether oxygens (including phenoxy) is 4. The van der Waals surface area contributed by atoms with Crippen LogP contribution in [0, 0.1) is 17.8 Å². The molecule has 0 aromatic rings. The molecule has 2 fully saturated rings. The first-order valence-corrected chi connectivity index (χ1v) is 16.8. The Hall–Kier alpha value is -2.73. The van der Waals surface area contributed by atoms with E-state index in [1.165, 1.54) is 6.92 Å². The summed E-state index contributed by atoms with van der Waals surface area (Å²) in [6.45, 7) is 15.2. The number of cyclic esters (lactones) is 1. The molecule has 0 aromatic carbocycles. The van der Waals surface area contributed by atoms with Crippen molar-refractivity contribution in [3.05, 3.63) is 36.0 Å². The normalized spacial score (nSPS) is 34.0. The van der Waals surface area contributed by atoms with E-state index >= 15 is 0 Å². The summed E-state index contributed by atoms with van der Waals surface area (Å²) < 4.78 is 23.5. The zero-order valence-electron chi connectivity index (χ0n) is 28.6. The Morgan fingerprint density at radius 1 is 1.22 bits per heavy atom. The summed E-state index contributed by atoms with van der Waals surface area (Å²) in [5, 5.41) is 24.1. The van der Waals surface area contributed by atoms with Crippen LogP contribution in [0.2, 0.25) is 0 Å². The maximum absolute atomic E-state index is 13.2. The number of piperazine rings is 1. The van der Waals surface area contributed by atoms with Crippen molar-refractivity contribution < 1.29 is 43.5 Å². The van der Waals surface area contributed by atoms with Crippen molar-refractivity contribution in [2.75, 3.05) is 26.2 Å². The minimum Gasteiger partial charge on any atom is -0.457 e. The predicted molar refractivity (Wildman–Crippen MR) is 174 cm³/mol. The molecule has 0 aromatic heterocycles. The summed E-state index contributed by atoms with van der Waals surface area (Å²) in [5.41, 5.74) is -0.468. The monoisotopic (exact) mass is 648 g/mol. The zero-order chi connectivity index (χ0) is 34.0. The largest absolute Gasteiger partial charge is 0.457 e. The lowest BCUT2D eigenvalue weighted by molar-refractivity contribution is -0.168. The van der Waals surface area contributed by atoms with Crippen molar-refractivity contribution in [2.24, 2.45) is 17.8 Å². The van der Waals surface area contributed by atoms with Gasteiger partial charge in [-0.3, -0.25) is 9.59 Å². The van der Waals surface area contributed by atoms with Crippen molar-refractivity contribution in [1.29, 1.82) is 0 Å². The molecule has 3 aliphatic heterocycles. The van der Waals surface area contributed by atoms with Gasteiger partial charge in [0.05, 0.1) is 30.8 Å². The molecule has 0 radical (unpaired) electrons. The smallest absolute Gasteiger partial charge is 0.410 e. The number of epoxide rings is 1. The maximum Gasteiger partial charge on any atom is 0.410 e. The second kappa shape index (κ2) is 17.4. The second-order valence-electron chi connectivity index (χ2n) is 13.5. The van der Waals surface area contributed by atoms with Crippen molar-refractivity contribution in [3.8, 4) is 0 Å². The second-order valence-corrected chi connectivity index (χ2v) is 13.5. The number of amides is 1. The molecule has 0 spiro atoms. The molecular formula is C35H56N2O9. The minimum atomic E-state index is -1.27. The van der Waals surface area contributed by atoms with E-state index < -0.39 is 41.9 Å². The molecule has 0 unspecified atom stereocenters. The van der Waals surface area contributed by atoms with Gasteiger partial charge in [-0.15, -0.1) is 0 Å². The minimum absolute atomic E-state index is 0.0874. The van der Waals surface area contributed by atoms with Gasteiger partial charge in [0.25, 0.3) is 0 Å². The predicted octanol–water partition coefficient (Wildman–Crippen LogP) is 4.07. The highest BCUT2D eigenvalue weighted by molar-refractivity contribution is 5.71. The third-order valence-electron chi connectivity index (χ3n) is 9.30. The van der Waals surface area contributed by atoms with Crippen LogP contribution in [0.1, 0.15) is 80.6 Å². The number of hydrogen-bond acceptors (Lipinski definition) is 10. The number of allylic oxidation sites excluding steroid dienone is 3. The van der Waals surface area contributed by atoms with E-state index in [0.717, 1.165) is 12.0 Å². The topological polar surface area (TPSA) is 147 Å². The van der Waals surface area contributed by atoms with E-state index in [9.17, 15) is 24.6 Å². The van der Waals surface area contributed by atoms with Gasteiger partial charge in [-0.25, -0.2) is 4.79 Å². The van der Waals surface area contributed by atoms with Crippen molar-refractivity contribution in [3.63, 3.8) is 0 Å². The van der Waals surface area contributed by atoms with Crippen molar-refractivity contribution >= 4 is 18.0 Å². The Balaban J connectivity index is 1.79. The molecule has 3 rings (SSSR count). The van der Waals surface area contributed by atoms with Crippen LogP contribution in [0.15, 0.2) is 36.0 Å². The molecule has 46 heavy (non-hydrogen) atoms. The molecule has 0 bridgehead atoms. The highest BCUT2D eigenvalue weighted by Crippen LogP contribution is 2.36. The molecule has 260 valence electrons. The number of carbonyl (C=O) groups excluding carboxylic acids is 3. The molecule has 3 heterocycles. The third-order valence-corrected chi connectivity index (χ3v) is 9.30. The number of nitrogens with one attached hydrogen (secondary N) is 1. The molecule has 3 aliphatic rings. The summed E-state index contributed by atoms with van der Waals surface area (Å²) in [5.74, 6) is -1.06.